The van der Waals surface area contributed by atoms with Gasteiger partial charge in [0.05, 0.1) is 20.9 Å². The second-order valence-corrected chi connectivity index (χ2v) is 10.1. The minimum absolute atomic E-state index is 0.285. The third kappa shape index (κ3) is 4.95. The van der Waals surface area contributed by atoms with Gasteiger partial charge in [0, 0.05) is 26.7 Å². The van der Waals surface area contributed by atoms with Crippen molar-refractivity contribution in [3.05, 3.63) is 99.2 Å². The van der Waals surface area contributed by atoms with Gasteiger partial charge in [0.25, 0.3) is 0 Å². The number of hydrogen-bond donors (Lipinski definition) is 1. The van der Waals surface area contributed by atoms with Crippen LogP contribution in [0.1, 0.15) is 5.76 Å². The number of halogens is 3. The molecular formula is C26H15BrCl2N2O2S. The lowest BCUT2D eigenvalue weighted by molar-refractivity contribution is -0.111. The molecule has 0 aliphatic rings. The summed E-state index contributed by atoms with van der Waals surface area (Å²) in [6.45, 7) is 0. The van der Waals surface area contributed by atoms with Gasteiger partial charge in [0.1, 0.15) is 16.5 Å². The first-order chi connectivity index (χ1) is 16.5. The van der Waals surface area contributed by atoms with Crippen LogP contribution in [0.4, 0.5) is 5.69 Å². The van der Waals surface area contributed by atoms with E-state index in [-0.39, 0.29) is 5.91 Å². The van der Waals surface area contributed by atoms with Crippen LogP contribution >= 0.6 is 50.5 Å². The molecule has 0 saturated heterocycles. The zero-order valence-corrected chi connectivity index (χ0v) is 21.3. The quantitative estimate of drug-likeness (QED) is 0.215. The molecule has 0 saturated carbocycles. The average Bonchev–Trinajstić information content (AvgIpc) is 3.46. The fourth-order valence-corrected chi connectivity index (χ4v) is 5.26. The Morgan fingerprint density at radius 2 is 1.85 bits per heavy atom. The van der Waals surface area contributed by atoms with Gasteiger partial charge in [-0.1, -0.05) is 51.3 Å². The predicted molar refractivity (Wildman–Crippen MR) is 145 cm³/mol. The number of benzene rings is 3. The molecule has 0 aliphatic heterocycles. The minimum atomic E-state index is -0.285. The Balaban J connectivity index is 1.36. The van der Waals surface area contributed by atoms with Crippen LogP contribution in [0, 0.1) is 0 Å². The molecule has 0 aliphatic carbocycles. The van der Waals surface area contributed by atoms with Gasteiger partial charge in [0.15, 0.2) is 0 Å². The summed E-state index contributed by atoms with van der Waals surface area (Å²) in [5, 5.41) is 4.82. The third-order valence-corrected chi connectivity index (χ3v) is 7.10. The number of nitrogens with one attached hydrogen (secondary N) is 1. The maximum Gasteiger partial charge on any atom is 0.248 e. The summed E-state index contributed by atoms with van der Waals surface area (Å²) in [5.41, 5.74) is 3.17. The van der Waals surface area contributed by atoms with E-state index in [0.717, 1.165) is 30.8 Å². The molecule has 4 nitrogen and oxygen atoms in total. The van der Waals surface area contributed by atoms with Crippen LogP contribution in [0.15, 0.2) is 87.8 Å². The van der Waals surface area contributed by atoms with Crippen LogP contribution < -0.4 is 5.32 Å². The zero-order chi connectivity index (χ0) is 23.7. The summed E-state index contributed by atoms with van der Waals surface area (Å²) in [6, 6.07) is 22.4. The van der Waals surface area contributed by atoms with Gasteiger partial charge in [-0.2, -0.15) is 0 Å². The van der Waals surface area contributed by atoms with Crippen LogP contribution in [0.25, 0.3) is 38.2 Å². The highest BCUT2D eigenvalue weighted by Gasteiger charge is 2.13. The number of para-hydroxylation sites is 1. The molecule has 5 rings (SSSR count). The summed E-state index contributed by atoms with van der Waals surface area (Å²) in [6.07, 6.45) is 3.04. The van der Waals surface area contributed by atoms with Gasteiger partial charge in [-0.15, -0.1) is 11.3 Å². The fraction of sp³-hybridized carbons (Fsp3) is 0. The van der Waals surface area contributed by atoms with Crippen LogP contribution in [-0.2, 0) is 4.79 Å². The van der Waals surface area contributed by atoms with Crippen LogP contribution in [0.5, 0.6) is 0 Å². The Morgan fingerprint density at radius 3 is 2.68 bits per heavy atom. The summed E-state index contributed by atoms with van der Waals surface area (Å²) < 4.78 is 7.81. The molecule has 0 unspecified atom stereocenters. The molecule has 2 heterocycles. The normalized spacial score (nSPS) is 11.4. The second-order valence-electron chi connectivity index (χ2n) is 7.33. The molecule has 2 aromatic heterocycles. The first kappa shape index (κ1) is 22.9. The number of hydrogen-bond acceptors (Lipinski definition) is 4. The highest BCUT2D eigenvalue weighted by atomic mass is 79.9. The van der Waals surface area contributed by atoms with Gasteiger partial charge in [0.2, 0.25) is 5.91 Å². The fourth-order valence-electron chi connectivity index (χ4n) is 3.40. The molecule has 5 aromatic rings. The maximum atomic E-state index is 12.7. The van der Waals surface area contributed by atoms with E-state index in [0.29, 0.717) is 27.3 Å². The van der Waals surface area contributed by atoms with E-state index >= 15 is 0 Å². The summed E-state index contributed by atoms with van der Waals surface area (Å²) >= 11 is 17.3. The van der Waals surface area contributed by atoms with E-state index in [9.17, 15) is 4.79 Å². The standard InChI is InChI=1S/C26H15BrCl2N2O2S/c27-15-5-10-21(19(13-15)26-31-22-3-1-2-4-24(22)34-26)30-25(32)12-8-17-7-11-23(33-17)18-9-6-16(28)14-20(18)29/h1-14H,(H,30,32). The van der Waals surface area contributed by atoms with E-state index in [1.807, 2.05) is 42.5 Å². The number of thiazole rings is 1. The highest BCUT2D eigenvalue weighted by Crippen LogP contribution is 2.36. The lowest BCUT2D eigenvalue weighted by atomic mass is 10.2. The van der Waals surface area contributed by atoms with E-state index in [4.69, 9.17) is 32.6 Å². The van der Waals surface area contributed by atoms with E-state index in [2.05, 4.69) is 21.2 Å². The van der Waals surface area contributed by atoms with Crippen molar-refractivity contribution < 1.29 is 9.21 Å². The van der Waals surface area contributed by atoms with Crippen molar-refractivity contribution in [2.24, 2.45) is 0 Å². The Bertz CT molecular complexity index is 1520. The average molecular weight is 570 g/mol. The number of rotatable bonds is 5. The Hall–Kier alpha value is -2.90. The number of furan rings is 1. The Labute approximate surface area is 218 Å². The van der Waals surface area contributed by atoms with Crippen molar-refractivity contribution in [2.45, 2.75) is 0 Å². The van der Waals surface area contributed by atoms with Gasteiger partial charge >= 0.3 is 0 Å². The molecular weight excluding hydrogens is 555 g/mol. The summed E-state index contributed by atoms with van der Waals surface area (Å²) in [7, 11) is 0. The topological polar surface area (TPSA) is 55.1 Å². The van der Waals surface area contributed by atoms with Crippen LogP contribution in [0.3, 0.4) is 0 Å². The van der Waals surface area contributed by atoms with Crippen molar-refractivity contribution in [3.8, 4) is 21.9 Å². The number of nitrogens with zero attached hydrogens (tertiary/aromatic N) is 1. The predicted octanol–water partition coefficient (Wildman–Crippen LogP) is 8.94. The number of fused-ring (bicyclic) bond motifs is 1. The molecule has 0 radical (unpaired) electrons. The Kier molecular flexibility index (Phi) is 6.57. The SMILES string of the molecule is O=C(C=Cc1ccc(-c2ccc(Cl)cc2Cl)o1)Nc1ccc(Br)cc1-c1nc2ccccc2s1. The molecule has 0 fully saturated rings. The van der Waals surface area contributed by atoms with E-state index < -0.39 is 0 Å². The number of carbonyl (C=O) groups excluding carboxylic acids is 1. The molecule has 1 amide bonds. The lowest BCUT2D eigenvalue weighted by Crippen LogP contribution is -2.08. The van der Waals surface area contributed by atoms with Crippen molar-refractivity contribution >= 4 is 78.4 Å². The van der Waals surface area contributed by atoms with Crippen LogP contribution in [0.2, 0.25) is 10.0 Å². The molecule has 1 N–H and O–H groups in total. The Morgan fingerprint density at radius 1 is 1.00 bits per heavy atom. The lowest BCUT2D eigenvalue weighted by Gasteiger charge is -2.08. The molecule has 0 bridgehead atoms. The van der Waals surface area contributed by atoms with Gasteiger partial charge in [-0.3, -0.25) is 4.79 Å². The van der Waals surface area contributed by atoms with E-state index in [1.165, 1.54) is 6.08 Å². The molecule has 3 aromatic carbocycles. The third-order valence-electron chi connectivity index (χ3n) is 4.99. The van der Waals surface area contributed by atoms with Crippen molar-refractivity contribution in [2.75, 3.05) is 5.32 Å². The van der Waals surface area contributed by atoms with Crippen molar-refractivity contribution in [3.63, 3.8) is 0 Å². The van der Waals surface area contributed by atoms with Crippen molar-refractivity contribution in [1.82, 2.24) is 4.98 Å². The maximum absolute atomic E-state index is 12.7. The largest absolute Gasteiger partial charge is 0.457 e. The highest BCUT2D eigenvalue weighted by molar-refractivity contribution is 9.10. The number of carbonyl (C=O) groups is 1. The monoisotopic (exact) mass is 568 g/mol. The first-order valence-electron chi connectivity index (χ1n) is 10.2. The number of aromatic nitrogens is 1. The summed E-state index contributed by atoms with van der Waals surface area (Å²) in [5.74, 6) is 0.832. The number of anilines is 1. The van der Waals surface area contributed by atoms with Gasteiger partial charge in [-0.25, -0.2) is 4.98 Å². The van der Waals surface area contributed by atoms with Crippen LogP contribution in [-0.4, -0.2) is 10.9 Å². The molecule has 0 spiro atoms. The smallest absolute Gasteiger partial charge is 0.248 e. The second kappa shape index (κ2) is 9.76. The molecule has 168 valence electrons. The first-order valence-corrected chi connectivity index (χ1v) is 12.5. The number of amides is 1. The summed E-state index contributed by atoms with van der Waals surface area (Å²) in [4.78, 5) is 17.4. The molecule has 0 atom stereocenters. The minimum Gasteiger partial charge on any atom is -0.457 e. The molecule has 8 heteroatoms. The zero-order valence-electron chi connectivity index (χ0n) is 17.4. The van der Waals surface area contributed by atoms with E-state index in [1.54, 1.807) is 47.7 Å². The van der Waals surface area contributed by atoms with Gasteiger partial charge < -0.3 is 9.73 Å². The van der Waals surface area contributed by atoms with Crippen molar-refractivity contribution in [1.29, 1.82) is 0 Å². The van der Waals surface area contributed by atoms with Gasteiger partial charge in [-0.05, 0) is 66.7 Å². The molecule has 34 heavy (non-hydrogen) atoms.